The van der Waals surface area contributed by atoms with Crippen molar-refractivity contribution in [2.24, 2.45) is 0 Å². The van der Waals surface area contributed by atoms with E-state index in [1.165, 1.54) is 4.68 Å². The number of Topliss-reactive ketones (excluding diaryl/α,β-unsaturated/α-hetero) is 1. The van der Waals surface area contributed by atoms with Gasteiger partial charge in [-0.05, 0) is 13.8 Å². The first kappa shape index (κ1) is 12.9. The molecule has 0 radical (unpaired) electrons. The average Bonchev–Trinajstić information content (AvgIpc) is 2.65. The summed E-state index contributed by atoms with van der Waals surface area (Å²) in [5.74, 6) is -0.124. The van der Waals surface area contributed by atoms with Gasteiger partial charge in [0.15, 0.2) is 5.78 Å². The van der Waals surface area contributed by atoms with Crippen LogP contribution in [0.1, 0.15) is 21.7 Å². The minimum absolute atomic E-state index is 0.00449. The van der Waals surface area contributed by atoms with Crippen LogP contribution >= 0.6 is 0 Å². The first-order valence-corrected chi connectivity index (χ1v) is 5.77. The first-order chi connectivity index (χ1) is 9.00. The van der Waals surface area contributed by atoms with E-state index in [4.69, 9.17) is 0 Å². The minimum Gasteiger partial charge on any atom is -0.292 e. The third-order valence-corrected chi connectivity index (χ3v) is 2.92. The van der Waals surface area contributed by atoms with E-state index >= 15 is 0 Å². The maximum absolute atomic E-state index is 12.0. The zero-order valence-electron chi connectivity index (χ0n) is 10.7. The van der Waals surface area contributed by atoms with Crippen molar-refractivity contribution in [2.45, 2.75) is 20.4 Å². The maximum Gasteiger partial charge on any atom is 0.312 e. The monoisotopic (exact) mass is 259 g/mol. The van der Waals surface area contributed by atoms with Gasteiger partial charge in [-0.15, -0.1) is 0 Å². The summed E-state index contributed by atoms with van der Waals surface area (Å²) in [6.07, 6.45) is 0. The van der Waals surface area contributed by atoms with Crippen LogP contribution in [0.15, 0.2) is 30.3 Å². The predicted octanol–water partition coefficient (Wildman–Crippen LogP) is 2.29. The molecule has 0 aliphatic heterocycles. The number of ketones is 1. The van der Waals surface area contributed by atoms with Crippen LogP contribution in [-0.4, -0.2) is 20.5 Å². The average molecular weight is 259 g/mol. The second-order valence-electron chi connectivity index (χ2n) is 4.22. The van der Waals surface area contributed by atoms with Crippen molar-refractivity contribution in [3.63, 3.8) is 0 Å². The van der Waals surface area contributed by atoms with E-state index in [0.717, 1.165) is 0 Å². The Bertz CT molecular complexity index is 632. The number of carbonyl (C=O) groups is 1. The number of carbonyl (C=O) groups excluding carboxylic acids is 1. The number of aryl methyl sites for hydroxylation is 1. The SMILES string of the molecule is Cc1nn(CC(=O)c2ccccc2)c(C)c1[N+](=O)[O-]. The Morgan fingerprint density at radius 2 is 1.95 bits per heavy atom. The summed E-state index contributed by atoms with van der Waals surface area (Å²) in [5.41, 5.74) is 1.26. The Kier molecular flexibility index (Phi) is 3.41. The third-order valence-electron chi connectivity index (χ3n) is 2.92. The Labute approximate surface area is 109 Å². The van der Waals surface area contributed by atoms with Crippen LogP contribution in [0.25, 0.3) is 0 Å². The van der Waals surface area contributed by atoms with Crippen LogP contribution in [0.3, 0.4) is 0 Å². The minimum atomic E-state index is -0.471. The lowest BCUT2D eigenvalue weighted by atomic mass is 10.1. The van der Waals surface area contributed by atoms with Crippen LogP contribution in [0.4, 0.5) is 5.69 Å². The molecule has 0 bridgehead atoms. The molecule has 1 heterocycles. The topological polar surface area (TPSA) is 78.0 Å². The lowest BCUT2D eigenvalue weighted by Crippen LogP contribution is -2.13. The number of hydrogen-bond donors (Lipinski definition) is 0. The maximum atomic E-state index is 12.0. The molecule has 0 N–H and O–H groups in total. The summed E-state index contributed by atoms with van der Waals surface area (Å²) in [6, 6.07) is 8.80. The second-order valence-corrected chi connectivity index (χ2v) is 4.22. The molecule has 1 aromatic heterocycles. The number of rotatable bonds is 4. The smallest absolute Gasteiger partial charge is 0.292 e. The molecule has 1 aromatic carbocycles. The molecule has 98 valence electrons. The van der Waals surface area contributed by atoms with Gasteiger partial charge in [0.05, 0.1) is 4.92 Å². The highest BCUT2D eigenvalue weighted by Gasteiger charge is 2.22. The van der Waals surface area contributed by atoms with Gasteiger partial charge >= 0.3 is 5.69 Å². The third kappa shape index (κ3) is 2.52. The van der Waals surface area contributed by atoms with E-state index in [0.29, 0.717) is 17.0 Å². The van der Waals surface area contributed by atoms with Crippen molar-refractivity contribution in [1.82, 2.24) is 9.78 Å². The fourth-order valence-corrected chi connectivity index (χ4v) is 1.96. The van der Waals surface area contributed by atoms with E-state index in [-0.39, 0.29) is 18.0 Å². The Morgan fingerprint density at radius 1 is 1.32 bits per heavy atom. The van der Waals surface area contributed by atoms with E-state index in [2.05, 4.69) is 5.10 Å². The van der Waals surface area contributed by atoms with Gasteiger partial charge in [0.25, 0.3) is 0 Å². The van der Waals surface area contributed by atoms with Gasteiger partial charge < -0.3 is 0 Å². The summed E-state index contributed by atoms with van der Waals surface area (Å²) in [6.45, 7) is 3.16. The van der Waals surface area contributed by atoms with Crippen molar-refractivity contribution < 1.29 is 9.72 Å². The van der Waals surface area contributed by atoms with Crippen LogP contribution in [0.2, 0.25) is 0 Å². The molecule has 0 fully saturated rings. The molecule has 6 nitrogen and oxygen atoms in total. The summed E-state index contributed by atoms with van der Waals surface area (Å²) in [7, 11) is 0. The molecular weight excluding hydrogens is 246 g/mol. The van der Waals surface area contributed by atoms with E-state index in [9.17, 15) is 14.9 Å². The molecule has 2 rings (SSSR count). The Hall–Kier alpha value is -2.50. The number of benzene rings is 1. The molecular formula is C13H13N3O3. The van der Waals surface area contributed by atoms with Gasteiger partial charge in [-0.1, -0.05) is 30.3 Å². The van der Waals surface area contributed by atoms with Gasteiger partial charge in [0.2, 0.25) is 0 Å². The lowest BCUT2D eigenvalue weighted by molar-refractivity contribution is -0.386. The molecule has 19 heavy (non-hydrogen) atoms. The fourth-order valence-electron chi connectivity index (χ4n) is 1.96. The van der Waals surface area contributed by atoms with E-state index in [1.54, 1.807) is 38.1 Å². The molecule has 0 saturated carbocycles. The van der Waals surface area contributed by atoms with Gasteiger partial charge in [-0.25, -0.2) is 0 Å². The molecule has 0 amide bonds. The first-order valence-electron chi connectivity index (χ1n) is 5.77. The zero-order chi connectivity index (χ0) is 14.0. The molecule has 2 aromatic rings. The van der Waals surface area contributed by atoms with Crippen LogP contribution in [0, 0.1) is 24.0 Å². The number of hydrogen-bond acceptors (Lipinski definition) is 4. The zero-order valence-corrected chi connectivity index (χ0v) is 10.7. The summed E-state index contributed by atoms with van der Waals surface area (Å²) >= 11 is 0. The van der Waals surface area contributed by atoms with Crippen LogP contribution in [0.5, 0.6) is 0 Å². The van der Waals surface area contributed by atoms with Crippen LogP contribution < -0.4 is 0 Å². The Morgan fingerprint density at radius 3 is 2.47 bits per heavy atom. The summed E-state index contributed by atoms with van der Waals surface area (Å²) < 4.78 is 1.38. The van der Waals surface area contributed by atoms with E-state index < -0.39 is 4.92 Å². The second kappa shape index (κ2) is 5.01. The van der Waals surface area contributed by atoms with Crippen molar-refractivity contribution in [1.29, 1.82) is 0 Å². The molecule has 0 saturated heterocycles. The fraction of sp³-hybridized carbons (Fsp3) is 0.231. The highest BCUT2D eigenvalue weighted by Crippen LogP contribution is 2.21. The van der Waals surface area contributed by atoms with Gasteiger partial charge in [0.1, 0.15) is 17.9 Å². The highest BCUT2D eigenvalue weighted by molar-refractivity contribution is 5.95. The molecule has 0 aliphatic rings. The number of nitrogens with zero attached hydrogens (tertiary/aromatic N) is 3. The van der Waals surface area contributed by atoms with Gasteiger partial charge in [-0.3, -0.25) is 19.6 Å². The highest BCUT2D eigenvalue weighted by atomic mass is 16.6. The summed E-state index contributed by atoms with van der Waals surface area (Å²) in [5, 5.41) is 14.9. The molecule has 0 unspecified atom stereocenters. The van der Waals surface area contributed by atoms with Crippen LogP contribution in [-0.2, 0) is 6.54 Å². The predicted molar refractivity (Wildman–Crippen MR) is 69.1 cm³/mol. The van der Waals surface area contributed by atoms with Crippen molar-refractivity contribution in [3.05, 3.63) is 57.4 Å². The quantitative estimate of drug-likeness (QED) is 0.479. The van der Waals surface area contributed by atoms with Crippen molar-refractivity contribution in [2.75, 3.05) is 0 Å². The van der Waals surface area contributed by atoms with E-state index in [1.807, 2.05) is 6.07 Å². The van der Waals surface area contributed by atoms with Crippen molar-refractivity contribution >= 4 is 11.5 Å². The Balaban J connectivity index is 2.28. The normalized spacial score (nSPS) is 10.4. The van der Waals surface area contributed by atoms with Gasteiger partial charge in [-0.2, -0.15) is 5.10 Å². The number of nitro groups is 1. The molecule has 6 heteroatoms. The van der Waals surface area contributed by atoms with Gasteiger partial charge in [0, 0.05) is 5.56 Å². The van der Waals surface area contributed by atoms with Crippen molar-refractivity contribution in [3.8, 4) is 0 Å². The molecule has 0 aliphatic carbocycles. The molecule has 0 atom stereocenters. The standard InChI is InChI=1S/C13H13N3O3/c1-9-13(16(18)19)10(2)15(14-9)8-12(17)11-6-4-3-5-7-11/h3-7H,8H2,1-2H3. The molecule has 0 spiro atoms. The summed E-state index contributed by atoms with van der Waals surface area (Å²) in [4.78, 5) is 22.4. The number of aromatic nitrogens is 2. The largest absolute Gasteiger partial charge is 0.312 e. The lowest BCUT2D eigenvalue weighted by Gasteiger charge is -2.03.